The maximum atomic E-state index is 12.3. The van der Waals surface area contributed by atoms with Gasteiger partial charge in [-0.25, -0.2) is 0 Å². The van der Waals surface area contributed by atoms with E-state index in [0.717, 1.165) is 25.9 Å². The smallest absolute Gasteiger partial charge is 0.242 e. The van der Waals surface area contributed by atoms with Gasteiger partial charge in [-0.15, -0.1) is 24.8 Å². The number of amides is 2. The van der Waals surface area contributed by atoms with E-state index in [4.69, 9.17) is 5.73 Å². The Kier molecular flexibility index (Phi) is 8.67. The number of hydrogen-bond acceptors (Lipinski definition) is 4. The SMILES string of the molecule is Cl.Cl.NC1(C(=O)NCC(=O)N2CCN(c3ccccc3)CC2)CCCC1. The molecule has 1 aliphatic heterocycles. The predicted octanol–water partition coefficient (Wildman–Crippen LogP) is 1.57. The van der Waals surface area contributed by atoms with Crippen LogP contribution in [0.3, 0.4) is 0 Å². The predicted molar refractivity (Wildman–Crippen MR) is 108 cm³/mol. The average Bonchev–Trinajstić information content (AvgIpc) is 3.08. The highest BCUT2D eigenvalue weighted by Crippen LogP contribution is 2.27. The topological polar surface area (TPSA) is 78.7 Å². The monoisotopic (exact) mass is 402 g/mol. The molecule has 3 rings (SSSR count). The lowest BCUT2D eigenvalue weighted by atomic mass is 9.98. The molecule has 1 aliphatic carbocycles. The number of hydrogen-bond donors (Lipinski definition) is 2. The van der Waals surface area contributed by atoms with Crippen LogP contribution in [0, 0.1) is 0 Å². The molecule has 1 saturated heterocycles. The van der Waals surface area contributed by atoms with Crippen molar-refractivity contribution in [1.29, 1.82) is 0 Å². The number of carbonyl (C=O) groups excluding carboxylic acids is 2. The van der Waals surface area contributed by atoms with E-state index in [9.17, 15) is 9.59 Å². The summed E-state index contributed by atoms with van der Waals surface area (Å²) in [5.74, 6) is -0.214. The average molecular weight is 403 g/mol. The first-order chi connectivity index (χ1) is 11.6. The van der Waals surface area contributed by atoms with Gasteiger partial charge in [0.25, 0.3) is 0 Å². The number of nitrogens with two attached hydrogens (primary N) is 1. The largest absolute Gasteiger partial charge is 0.368 e. The van der Waals surface area contributed by atoms with Gasteiger partial charge in [0.2, 0.25) is 11.8 Å². The molecule has 1 saturated carbocycles. The highest BCUT2D eigenvalue weighted by Gasteiger charge is 2.37. The van der Waals surface area contributed by atoms with Crippen LogP contribution in [-0.2, 0) is 9.59 Å². The quantitative estimate of drug-likeness (QED) is 0.800. The zero-order chi connectivity index (χ0) is 17.0. The van der Waals surface area contributed by atoms with Crippen LogP contribution in [-0.4, -0.2) is 55.0 Å². The van der Waals surface area contributed by atoms with Gasteiger partial charge in [-0.3, -0.25) is 9.59 Å². The van der Waals surface area contributed by atoms with Crippen LogP contribution < -0.4 is 16.0 Å². The molecule has 146 valence electrons. The van der Waals surface area contributed by atoms with Gasteiger partial charge in [-0.1, -0.05) is 31.0 Å². The van der Waals surface area contributed by atoms with Gasteiger partial charge in [0.1, 0.15) is 0 Å². The molecule has 6 nitrogen and oxygen atoms in total. The van der Waals surface area contributed by atoms with Crippen LogP contribution in [0.15, 0.2) is 30.3 Å². The Labute approximate surface area is 167 Å². The molecule has 2 amide bonds. The molecular formula is C18H28Cl2N4O2. The van der Waals surface area contributed by atoms with E-state index < -0.39 is 5.54 Å². The zero-order valence-electron chi connectivity index (χ0n) is 14.9. The lowest BCUT2D eigenvalue weighted by Crippen LogP contribution is -2.55. The first kappa shape index (κ1) is 22.5. The van der Waals surface area contributed by atoms with Gasteiger partial charge >= 0.3 is 0 Å². The maximum Gasteiger partial charge on any atom is 0.242 e. The number of anilines is 1. The summed E-state index contributed by atoms with van der Waals surface area (Å²) in [4.78, 5) is 28.6. The van der Waals surface area contributed by atoms with Gasteiger partial charge in [0.15, 0.2) is 0 Å². The highest BCUT2D eigenvalue weighted by atomic mass is 35.5. The molecule has 1 aromatic rings. The maximum absolute atomic E-state index is 12.3. The molecule has 0 spiro atoms. The zero-order valence-corrected chi connectivity index (χ0v) is 16.5. The highest BCUT2D eigenvalue weighted by molar-refractivity contribution is 5.90. The second kappa shape index (κ2) is 10.00. The summed E-state index contributed by atoms with van der Waals surface area (Å²) in [7, 11) is 0. The van der Waals surface area contributed by atoms with Crippen LogP contribution in [0.2, 0.25) is 0 Å². The number of rotatable bonds is 4. The summed E-state index contributed by atoms with van der Waals surface area (Å²) in [5, 5.41) is 2.74. The third kappa shape index (κ3) is 5.25. The molecule has 0 bridgehead atoms. The number of halogens is 2. The Morgan fingerprint density at radius 2 is 1.58 bits per heavy atom. The summed E-state index contributed by atoms with van der Waals surface area (Å²) in [6.45, 7) is 3.02. The van der Waals surface area contributed by atoms with Gasteiger partial charge in [0, 0.05) is 31.9 Å². The first-order valence-corrected chi connectivity index (χ1v) is 8.73. The molecule has 8 heteroatoms. The normalized spacial score (nSPS) is 18.5. The van der Waals surface area contributed by atoms with Crippen molar-refractivity contribution in [3.05, 3.63) is 30.3 Å². The van der Waals surface area contributed by atoms with Crippen LogP contribution in [0.1, 0.15) is 25.7 Å². The second-order valence-electron chi connectivity index (χ2n) is 6.75. The molecule has 1 heterocycles. The second-order valence-corrected chi connectivity index (χ2v) is 6.75. The Morgan fingerprint density at radius 1 is 1.00 bits per heavy atom. The van der Waals surface area contributed by atoms with E-state index in [1.54, 1.807) is 0 Å². The fraction of sp³-hybridized carbons (Fsp3) is 0.556. The fourth-order valence-electron chi connectivity index (χ4n) is 3.53. The Hall–Kier alpha value is -1.50. The van der Waals surface area contributed by atoms with E-state index in [1.165, 1.54) is 5.69 Å². The Morgan fingerprint density at radius 3 is 2.15 bits per heavy atom. The Bertz CT molecular complexity index is 586. The summed E-state index contributed by atoms with van der Waals surface area (Å²) in [6.07, 6.45) is 3.39. The molecule has 26 heavy (non-hydrogen) atoms. The summed E-state index contributed by atoms with van der Waals surface area (Å²) in [6, 6.07) is 10.2. The molecule has 0 atom stereocenters. The number of para-hydroxylation sites is 1. The van der Waals surface area contributed by atoms with E-state index in [-0.39, 0.29) is 43.2 Å². The van der Waals surface area contributed by atoms with Crippen LogP contribution >= 0.6 is 24.8 Å². The van der Waals surface area contributed by atoms with E-state index in [1.807, 2.05) is 23.1 Å². The Balaban J connectivity index is 0.00000169. The van der Waals surface area contributed by atoms with Gasteiger partial charge in [0.05, 0.1) is 12.1 Å². The number of piperazine rings is 1. The van der Waals surface area contributed by atoms with E-state index >= 15 is 0 Å². The lowest BCUT2D eigenvalue weighted by Gasteiger charge is -2.36. The lowest BCUT2D eigenvalue weighted by molar-refractivity contribution is -0.134. The van der Waals surface area contributed by atoms with Crippen LogP contribution in [0.5, 0.6) is 0 Å². The molecule has 2 fully saturated rings. The van der Waals surface area contributed by atoms with Crippen molar-refractivity contribution in [2.75, 3.05) is 37.6 Å². The van der Waals surface area contributed by atoms with Crippen LogP contribution in [0.4, 0.5) is 5.69 Å². The molecule has 0 unspecified atom stereocenters. The standard InChI is InChI=1S/C18H26N4O2.2ClH/c19-18(8-4-5-9-18)17(24)20-14-16(23)22-12-10-21(11-13-22)15-6-2-1-3-7-15;;/h1-3,6-7H,4-5,8-14,19H2,(H,20,24);2*1H. The van der Waals surface area contributed by atoms with Crippen molar-refractivity contribution < 1.29 is 9.59 Å². The summed E-state index contributed by atoms with van der Waals surface area (Å²) in [5.41, 5.74) is 6.52. The minimum atomic E-state index is -0.772. The summed E-state index contributed by atoms with van der Waals surface area (Å²) >= 11 is 0. The minimum absolute atomic E-state index is 0. The third-order valence-corrected chi connectivity index (χ3v) is 5.10. The first-order valence-electron chi connectivity index (χ1n) is 8.73. The number of carbonyl (C=O) groups is 2. The minimum Gasteiger partial charge on any atom is -0.368 e. The van der Waals surface area contributed by atoms with E-state index in [2.05, 4.69) is 22.3 Å². The number of benzene rings is 1. The van der Waals surface area contributed by atoms with Crippen LogP contribution in [0.25, 0.3) is 0 Å². The molecule has 3 N–H and O–H groups in total. The number of nitrogens with zero attached hydrogens (tertiary/aromatic N) is 2. The molecule has 2 aliphatic rings. The van der Waals surface area contributed by atoms with Crippen molar-refractivity contribution in [3.63, 3.8) is 0 Å². The van der Waals surface area contributed by atoms with Crippen molar-refractivity contribution in [1.82, 2.24) is 10.2 Å². The van der Waals surface area contributed by atoms with E-state index in [0.29, 0.717) is 25.9 Å². The van der Waals surface area contributed by atoms with Crippen molar-refractivity contribution in [3.8, 4) is 0 Å². The van der Waals surface area contributed by atoms with Crippen molar-refractivity contribution in [2.24, 2.45) is 5.73 Å². The molecule has 0 aromatic heterocycles. The summed E-state index contributed by atoms with van der Waals surface area (Å²) < 4.78 is 0. The van der Waals surface area contributed by atoms with Crippen molar-refractivity contribution >= 4 is 42.3 Å². The number of nitrogens with one attached hydrogen (secondary N) is 1. The molecule has 0 radical (unpaired) electrons. The third-order valence-electron chi connectivity index (χ3n) is 5.10. The fourth-order valence-corrected chi connectivity index (χ4v) is 3.53. The van der Waals surface area contributed by atoms with Gasteiger partial charge in [-0.05, 0) is 25.0 Å². The van der Waals surface area contributed by atoms with Gasteiger partial charge < -0.3 is 20.9 Å². The molecular weight excluding hydrogens is 375 g/mol. The molecule has 1 aromatic carbocycles. The van der Waals surface area contributed by atoms with Gasteiger partial charge in [-0.2, -0.15) is 0 Å². The van der Waals surface area contributed by atoms with Crippen molar-refractivity contribution in [2.45, 2.75) is 31.2 Å².